The van der Waals surface area contributed by atoms with Crippen LogP contribution in [0.5, 0.6) is 0 Å². The lowest BCUT2D eigenvalue weighted by molar-refractivity contribution is -0.115. The zero-order valence-corrected chi connectivity index (χ0v) is 10.9. The molecule has 0 atom stereocenters. The van der Waals surface area contributed by atoms with E-state index in [1.807, 2.05) is 0 Å². The Morgan fingerprint density at radius 1 is 1.24 bits per heavy atom. The van der Waals surface area contributed by atoms with Crippen molar-refractivity contribution in [2.24, 2.45) is 7.05 Å². The molecule has 0 saturated carbocycles. The number of amides is 1. The van der Waals surface area contributed by atoms with Crippen LogP contribution in [0.15, 0.2) is 12.1 Å². The number of rotatable bonds is 3. The van der Waals surface area contributed by atoms with E-state index in [1.165, 1.54) is 30.7 Å². The van der Waals surface area contributed by atoms with Crippen LogP contribution < -0.4 is 4.31 Å². The fourth-order valence-electron chi connectivity index (χ4n) is 1.62. The van der Waals surface area contributed by atoms with Gasteiger partial charge in [-0.3, -0.25) is 9.59 Å². The van der Waals surface area contributed by atoms with Crippen LogP contribution in [-0.4, -0.2) is 30.9 Å². The van der Waals surface area contributed by atoms with Gasteiger partial charge in [0.15, 0.2) is 5.78 Å². The standard InChI is InChI=1S/C10H14N2O4S/c1-7(13)9-5-6-10(11(9)3)12(8(2)14)17(4,15)16/h5-6H,1-4H3. The third-order valence-electron chi connectivity index (χ3n) is 2.28. The molecule has 0 radical (unpaired) electrons. The van der Waals surface area contributed by atoms with Crippen molar-refractivity contribution in [3.8, 4) is 0 Å². The number of sulfonamides is 1. The summed E-state index contributed by atoms with van der Waals surface area (Å²) in [5, 5.41) is 0. The van der Waals surface area contributed by atoms with Gasteiger partial charge in [0.25, 0.3) is 0 Å². The number of carbonyl (C=O) groups excluding carboxylic acids is 2. The molecule has 0 aromatic carbocycles. The van der Waals surface area contributed by atoms with Crippen molar-refractivity contribution < 1.29 is 18.0 Å². The molecule has 0 aliphatic rings. The SMILES string of the molecule is CC(=O)c1ccc(N(C(C)=O)S(C)(=O)=O)n1C. The molecule has 0 N–H and O–H groups in total. The van der Waals surface area contributed by atoms with Gasteiger partial charge in [-0.15, -0.1) is 0 Å². The van der Waals surface area contributed by atoms with Gasteiger partial charge in [-0.1, -0.05) is 0 Å². The first-order chi connectivity index (χ1) is 7.66. The molecule has 0 aliphatic carbocycles. The van der Waals surface area contributed by atoms with Crippen LogP contribution in [0.3, 0.4) is 0 Å². The van der Waals surface area contributed by atoms with Crippen molar-refractivity contribution in [1.82, 2.24) is 4.57 Å². The number of hydrogen-bond acceptors (Lipinski definition) is 4. The highest BCUT2D eigenvalue weighted by Crippen LogP contribution is 2.20. The molecule has 1 amide bonds. The molecule has 1 rings (SSSR count). The fraction of sp³-hybridized carbons (Fsp3) is 0.400. The number of nitrogens with zero attached hydrogens (tertiary/aromatic N) is 2. The maximum atomic E-state index is 11.5. The van der Waals surface area contributed by atoms with E-state index in [0.717, 1.165) is 13.2 Å². The van der Waals surface area contributed by atoms with Gasteiger partial charge in [-0.25, -0.2) is 8.42 Å². The minimum atomic E-state index is -3.70. The Bertz CT molecular complexity index is 571. The monoisotopic (exact) mass is 258 g/mol. The maximum Gasteiger partial charge on any atom is 0.239 e. The first-order valence-electron chi connectivity index (χ1n) is 4.83. The number of hydrogen-bond donors (Lipinski definition) is 0. The quantitative estimate of drug-likeness (QED) is 0.741. The molecule has 0 bridgehead atoms. The first-order valence-corrected chi connectivity index (χ1v) is 6.68. The van der Waals surface area contributed by atoms with Crippen molar-refractivity contribution in [3.05, 3.63) is 17.8 Å². The highest BCUT2D eigenvalue weighted by molar-refractivity contribution is 7.92. The van der Waals surface area contributed by atoms with E-state index in [0.29, 0.717) is 10.00 Å². The second-order valence-corrected chi connectivity index (χ2v) is 5.57. The van der Waals surface area contributed by atoms with Gasteiger partial charge in [-0.05, 0) is 12.1 Å². The molecule has 6 nitrogen and oxygen atoms in total. The van der Waals surface area contributed by atoms with Crippen LogP contribution in [0.25, 0.3) is 0 Å². The molecule has 17 heavy (non-hydrogen) atoms. The highest BCUT2D eigenvalue weighted by atomic mass is 32.2. The summed E-state index contributed by atoms with van der Waals surface area (Å²) in [7, 11) is -2.17. The zero-order chi connectivity index (χ0) is 13.4. The Morgan fingerprint density at radius 2 is 1.76 bits per heavy atom. The average molecular weight is 258 g/mol. The number of anilines is 1. The highest BCUT2D eigenvalue weighted by Gasteiger charge is 2.25. The Kier molecular flexibility index (Phi) is 3.42. The van der Waals surface area contributed by atoms with E-state index in [9.17, 15) is 18.0 Å². The van der Waals surface area contributed by atoms with Crippen molar-refractivity contribution in [3.63, 3.8) is 0 Å². The summed E-state index contributed by atoms with van der Waals surface area (Å²) in [4.78, 5) is 22.6. The summed E-state index contributed by atoms with van der Waals surface area (Å²) in [5.41, 5.74) is 0.343. The number of Topliss-reactive ketones (excluding diaryl/α,β-unsaturated/α-hetero) is 1. The predicted molar refractivity (Wildman–Crippen MR) is 63.4 cm³/mol. The minimum absolute atomic E-state index is 0.158. The summed E-state index contributed by atoms with van der Waals surface area (Å²) in [6.45, 7) is 2.53. The Labute approximate surface area is 99.9 Å². The molecule has 0 spiro atoms. The van der Waals surface area contributed by atoms with Crippen molar-refractivity contribution >= 4 is 27.5 Å². The molecule has 0 saturated heterocycles. The van der Waals surface area contributed by atoms with E-state index in [1.54, 1.807) is 0 Å². The molecule has 0 unspecified atom stereocenters. The van der Waals surface area contributed by atoms with Crippen LogP contribution in [0.2, 0.25) is 0 Å². The van der Waals surface area contributed by atoms with Gasteiger partial charge in [-0.2, -0.15) is 4.31 Å². The molecule has 94 valence electrons. The van der Waals surface area contributed by atoms with Gasteiger partial charge in [0.1, 0.15) is 5.82 Å². The van der Waals surface area contributed by atoms with E-state index < -0.39 is 15.9 Å². The van der Waals surface area contributed by atoms with Crippen molar-refractivity contribution in [2.45, 2.75) is 13.8 Å². The molecule has 1 aromatic rings. The first kappa shape index (κ1) is 13.4. The maximum absolute atomic E-state index is 11.5. The Balaban J connectivity index is 3.42. The molecule has 1 aromatic heterocycles. The number of ketones is 1. The Morgan fingerprint density at radius 3 is 2.06 bits per heavy atom. The van der Waals surface area contributed by atoms with Gasteiger partial charge in [0.2, 0.25) is 15.9 Å². The van der Waals surface area contributed by atoms with Gasteiger partial charge < -0.3 is 4.57 Å². The topological polar surface area (TPSA) is 76.5 Å². The van der Waals surface area contributed by atoms with Crippen molar-refractivity contribution in [1.29, 1.82) is 0 Å². The van der Waals surface area contributed by atoms with E-state index in [2.05, 4.69) is 0 Å². The lowest BCUT2D eigenvalue weighted by Crippen LogP contribution is -2.35. The summed E-state index contributed by atoms with van der Waals surface area (Å²) in [6.07, 6.45) is 0.939. The van der Waals surface area contributed by atoms with Crippen molar-refractivity contribution in [2.75, 3.05) is 10.6 Å². The smallest absolute Gasteiger partial charge is 0.239 e. The molecule has 0 aliphatic heterocycles. The van der Waals surface area contributed by atoms with Gasteiger partial charge in [0.05, 0.1) is 11.9 Å². The zero-order valence-electron chi connectivity index (χ0n) is 10.1. The second kappa shape index (κ2) is 4.33. The average Bonchev–Trinajstić information content (AvgIpc) is 2.45. The summed E-state index contributed by atoms with van der Waals surface area (Å²) in [6, 6.07) is 2.91. The lowest BCUT2D eigenvalue weighted by Gasteiger charge is -2.19. The summed E-state index contributed by atoms with van der Waals surface area (Å²) in [5.74, 6) is -0.662. The molecular weight excluding hydrogens is 244 g/mol. The predicted octanol–water partition coefficient (Wildman–Crippen LogP) is 0.540. The lowest BCUT2D eigenvalue weighted by atomic mass is 10.3. The van der Waals surface area contributed by atoms with Gasteiger partial charge in [0, 0.05) is 20.9 Å². The minimum Gasteiger partial charge on any atom is -0.327 e. The fourth-order valence-corrected chi connectivity index (χ4v) is 2.61. The van der Waals surface area contributed by atoms with E-state index >= 15 is 0 Å². The molecule has 7 heteroatoms. The second-order valence-electron chi connectivity index (χ2n) is 3.74. The Hall–Kier alpha value is -1.63. The number of aromatic nitrogens is 1. The van der Waals surface area contributed by atoms with E-state index in [-0.39, 0.29) is 11.6 Å². The largest absolute Gasteiger partial charge is 0.327 e. The third-order valence-corrected chi connectivity index (χ3v) is 3.39. The van der Waals surface area contributed by atoms with Gasteiger partial charge >= 0.3 is 0 Å². The van der Waals surface area contributed by atoms with E-state index in [4.69, 9.17) is 0 Å². The van der Waals surface area contributed by atoms with Crippen LogP contribution in [-0.2, 0) is 21.9 Å². The normalized spacial score (nSPS) is 11.3. The van der Waals surface area contributed by atoms with Crippen LogP contribution in [0.4, 0.5) is 5.82 Å². The van der Waals surface area contributed by atoms with Crippen LogP contribution >= 0.6 is 0 Å². The molecular formula is C10H14N2O4S. The summed E-state index contributed by atoms with van der Waals surface area (Å²) >= 11 is 0. The molecule has 0 fully saturated rings. The third kappa shape index (κ3) is 2.55. The summed E-state index contributed by atoms with van der Waals surface area (Å²) < 4.78 is 25.1. The van der Waals surface area contributed by atoms with Crippen LogP contribution in [0.1, 0.15) is 24.3 Å². The number of carbonyl (C=O) groups is 2. The van der Waals surface area contributed by atoms with Crippen LogP contribution in [0, 0.1) is 0 Å². The molecule has 1 heterocycles.